The lowest BCUT2D eigenvalue weighted by atomic mass is 10.0. The monoisotopic (exact) mass is 327 g/mol. The molecule has 118 valence electrons. The zero-order valence-corrected chi connectivity index (χ0v) is 15.0. The molecule has 1 aromatic rings. The van der Waals surface area contributed by atoms with Crippen LogP contribution in [0.1, 0.15) is 12.5 Å². The summed E-state index contributed by atoms with van der Waals surface area (Å²) in [5.41, 5.74) is 0.950. The Hall–Kier alpha value is -0.983. The number of sulfonamides is 1. The number of hydrogen-bond acceptors (Lipinski definition) is 3. The van der Waals surface area contributed by atoms with Crippen LogP contribution in [0.25, 0.3) is 0 Å². The number of benzene rings is 1. The van der Waals surface area contributed by atoms with E-state index in [1.54, 1.807) is 0 Å². The standard InChI is InChI=1S/C15H25NO3SSi/c1-13(17)15(12-14-8-6-5-7-9-14)16-20(18,19)10-11-21(2,3)4/h5-9,15-16H,10-12H2,1-4H3. The smallest absolute Gasteiger partial charge is 0.211 e. The topological polar surface area (TPSA) is 63.2 Å². The molecule has 0 heterocycles. The highest BCUT2D eigenvalue weighted by Gasteiger charge is 2.24. The summed E-state index contributed by atoms with van der Waals surface area (Å²) in [6, 6.07) is 9.46. The van der Waals surface area contributed by atoms with Crippen molar-refractivity contribution >= 4 is 23.9 Å². The minimum Gasteiger partial charge on any atom is -0.298 e. The summed E-state index contributed by atoms with van der Waals surface area (Å²) in [7, 11) is -4.84. The number of hydrogen-bond donors (Lipinski definition) is 1. The summed E-state index contributed by atoms with van der Waals surface area (Å²) in [4.78, 5) is 11.7. The Morgan fingerprint density at radius 2 is 1.76 bits per heavy atom. The van der Waals surface area contributed by atoms with Crippen LogP contribution in [0.5, 0.6) is 0 Å². The minimum atomic E-state index is -3.42. The van der Waals surface area contributed by atoms with Crippen molar-refractivity contribution in [3.63, 3.8) is 0 Å². The van der Waals surface area contributed by atoms with Gasteiger partial charge in [-0.15, -0.1) is 0 Å². The number of Topliss-reactive ketones (excluding diaryl/α,β-unsaturated/α-hetero) is 1. The molecule has 0 amide bonds. The number of ketones is 1. The molecule has 0 aliphatic carbocycles. The maximum atomic E-state index is 12.1. The minimum absolute atomic E-state index is 0.0985. The fraction of sp³-hybridized carbons (Fsp3) is 0.533. The summed E-state index contributed by atoms with van der Waals surface area (Å²) >= 11 is 0. The zero-order chi connectivity index (χ0) is 16.1. The third-order valence-electron chi connectivity index (χ3n) is 3.22. The van der Waals surface area contributed by atoms with Crippen LogP contribution >= 0.6 is 0 Å². The van der Waals surface area contributed by atoms with Crippen LogP contribution in [0.15, 0.2) is 30.3 Å². The largest absolute Gasteiger partial charge is 0.298 e. The Balaban J connectivity index is 2.72. The Bertz CT molecular complexity index is 564. The van der Waals surface area contributed by atoms with Crippen LogP contribution in [0.2, 0.25) is 25.7 Å². The predicted octanol–water partition coefficient (Wildman–Crippen LogP) is 2.44. The summed E-state index contributed by atoms with van der Waals surface area (Å²) in [5.74, 6) is -0.0585. The van der Waals surface area contributed by atoms with Crippen LogP contribution in [-0.2, 0) is 21.2 Å². The first-order valence-electron chi connectivity index (χ1n) is 7.13. The number of rotatable bonds is 8. The van der Waals surface area contributed by atoms with E-state index in [0.29, 0.717) is 12.5 Å². The van der Waals surface area contributed by atoms with Crippen molar-refractivity contribution in [3.8, 4) is 0 Å². The normalized spacial score (nSPS) is 13.9. The lowest BCUT2D eigenvalue weighted by Gasteiger charge is -2.19. The molecule has 1 unspecified atom stereocenters. The predicted molar refractivity (Wildman–Crippen MR) is 89.7 cm³/mol. The van der Waals surface area contributed by atoms with Crippen molar-refractivity contribution < 1.29 is 13.2 Å². The van der Waals surface area contributed by atoms with Gasteiger partial charge in [-0.3, -0.25) is 4.79 Å². The Labute approximate surface area is 129 Å². The van der Waals surface area contributed by atoms with Crippen LogP contribution < -0.4 is 4.72 Å². The summed E-state index contributed by atoms with van der Waals surface area (Å²) < 4.78 is 26.8. The maximum absolute atomic E-state index is 12.1. The van der Waals surface area contributed by atoms with Gasteiger partial charge in [-0.05, 0) is 25.0 Å². The molecule has 1 rings (SSSR count). The fourth-order valence-electron chi connectivity index (χ4n) is 1.83. The molecular weight excluding hydrogens is 302 g/mol. The van der Waals surface area contributed by atoms with Crippen molar-refractivity contribution in [2.45, 2.75) is 45.1 Å². The first kappa shape index (κ1) is 18.1. The van der Waals surface area contributed by atoms with E-state index in [0.717, 1.165) is 5.56 Å². The van der Waals surface area contributed by atoms with Gasteiger partial charge in [0.05, 0.1) is 11.8 Å². The van der Waals surface area contributed by atoms with Crippen LogP contribution in [0, 0.1) is 0 Å². The molecule has 4 nitrogen and oxygen atoms in total. The van der Waals surface area contributed by atoms with Crippen molar-refractivity contribution in [2.75, 3.05) is 5.75 Å². The summed E-state index contributed by atoms with van der Waals surface area (Å²) in [6.07, 6.45) is 0.391. The average molecular weight is 328 g/mol. The molecule has 1 N–H and O–H groups in total. The molecule has 0 saturated heterocycles. The molecule has 1 atom stereocenters. The van der Waals surface area contributed by atoms with E-state index in [4.69, 9.17) is 0 Å². The van der Waals surface area contributed by atoms with E-state index in [2.05, 4.69) is 24.4 Å². The highest BCUT2D eigenvalue weighted by atomic mass is 32.2. The molecule has 0 radical (unpaired) electrons. The second-order valence-electron chi connectivity index (χ2n) is 6.60. The fourth-order valence-corrected chi connectivity index (χ4v) is 6.16. The molecule has 0 aliphatic rings. The molecule has 21 heavy (non-hydrogen) atoms. The average Bonchev–Trinajstić information content (AvgIpc) is 2.36. The molecule has 0 aromatic heterocycles. The molecule has 0 spiro atoms. The molecular formula is C15H25NO3SSi. The van der Waals surface area contributed by atoms with Gasteiger partial charge in [0.25, 0.3) is 0 Å². The van der Waals surface area contributed by atoms with Gasteiger partial charge in [0.1, 0.15) is 5.78 Å². The highest BCUT2D eigenvalue weighted by Crippen LogP contribution is 2.11. The quantitative estimate of drug-likeness (QED) is 0.746. The van der Waals surface area contributed by atoms with E-state index in [9.17, 15) is 13.2 Å². The maximum Gasteiger partial charge on any atom is 0.211 e. The van der Waals surface area contributed by atoms with Crippen molar-refractivity contribution in [1.82, 2.24) is 4.72 Å². The Morgan fingerprint density at radius 1 is 1.19 bits per heavy atom. The van der Waals surface area contributed by atoms with Gasteiger partial charge in [-0.1, -0.05) is 50.0 Å². The van der Waals surface area contributed by atoms with Gasteiger partial charge in [-0.25, -0.2) is 13.1 Å². The van der Waals surface area contributed by atoms with Crippen LogP contribution in [0.3, 0.4) is 0 Å². The van der Waals surface area contributed by atoms with Crippen molar-refractivity contribution in [3.05, 3.63) is 35.9 Å². The van der Waals surface area contributed by atoms with Crippen molar-refractivity contribution in [1.29, 1.82) is 0 Å². The van der Waals surface area contributed by atoms with Gasteiger partial charge in [0.15, 0.2) is 0 Å². The van der Waals surface area contributed by atoms with E-state index in [1.807, 2.05) is 30.3 Å². The lowest BCUT2D eigenvalue weighted by Crippen LogP contribution is -2.43. The number of carbonyl (C=O) groups excluding carboxylic acids is 1. The second-order valence-corrected chi connectivity index (χ2v) is 14.1. The number of carbonyl (C=O) groups is 1. The van der Waals surface area contributed by atoms with Crippen LogP contribution in [-0.4, -0.2) is 34.1 Å². The van der Waals surface area contributed by atoms with Crippen molar-refractivity contribution in [2.24, 2.45) is 0 Å². The van der Waals surface area contributed by atoms with E-state index < -0.39 is 24.1 Å². The Kier molecular flexibility index (Phi) is 6.31. The van der Waals surface area contributed by atoms with Gasteiger partial charge < -0.3 is 0 Å². The molecule has 6 heteroatoms. The Morgan fingerprint density at radius 3 is 2.24 bits per heavy atom. The van der Waals surface area contributed by atoms with Crippen LogP contribution in [0.4, 0.5) is 0 Å². The summed E-state index contributed by atoms with van der Waals surface area (Å²) in [6.45, 7) is 7.83. The molecule has 1 aromatic carbocycles. The highest BCUT2D eigenvalue weighted by molar-refractivity contribution is 7.89. The van der Waals surface area contributed by atoms with Gasteiger partial charge in [-0.2, -0.15) is 0 Å². The second kappa shape index (κ2) is 7.33. The van der Waals surface area contributed by atoms with Gasteiger partial charge >= 0.3 is 0 Å². The van der Waals surface area contributed by atoms with E-state index >= 15 is 0 Å². The molecule has 0 aliphatic heterocycles. The molecule has 0 fully saturated rings. The van der Waals surface area contributed by atoms with Gasteiger partial charge in [0, 0.05) is 8.07 Å². The summed E-state index contributed by atoms with van der Waals surface area (Å²) in [5, 5.41) is 0. The first-order valence-corrected chi connectivity index (χ1v) is 12.5. The third kappa shape index (κ3) is 7.54. The number of nitrogens with one attached hydrogen (secondary N) is 1. The third-order valence-corrected chi connectivity index (χ3v) is 6.71. The molecule has 0 bridgehead atoms. The first-order chi connectivity index (χ1) is 9.59. The van der Waals surface area contributed by atoms with E-state index in [1.165, 1.54) is 6.92 Å². The van der Waals surface area contributed by atoms with E-state index in [-0.39, 0.29) is 11.5 Å². The SMILES string of the molecule is CC(=O)C(Cc1ccccc1)NS(=O)(=O)CC[Si](C)(C)C. The zero-order valence-electron chi connectivity index (χ0n) is 13.2. The molecule has 0 saturated carbocycles. The van der Waals surface area contributed by atoms with Gasteiger partial charge in [0.2, 0.25) is 10.0 Å². The lowest BCUT2D eigenvalue weighted by molar-refractivity contribution is -0.118.